The number of anilines is 1. The lowest BCUT2D eigenvalue weighted by molar-refractivity contribution is 0.249. The van der Waals surface area contributed by atoms with Gasteiger partial charge in [0, 0.05) is 15.7 Å². The number of carbonyl (C=O) groups is 1. The molecule has 0 radical (unpaired) electrons. The van der Waals surface area contributed by atoms with Crippen LogP contribution in [0.15, 0.2) is 36.4 Å². The first-order valence-electron chi connectivity index (χ1n) is 6.96. The quantitative estimate of drug-likeness (QED) is 0.764. The van der Waals surface area contributed by atoms with Crippen LogP contribution in [0.2, 0.25) is 10.0 Å². The van der Waals surface area contributed by atoms with E-state index in [4.69, 9.17) is 23.2 Å². The number of urea groups is 1. The number of rotatable bonds is 3. The molecule has 0 aromatic heterocycles. The lowest BCUT2D eigenvalue weighted by Crippen LogP contribution is -2.31. The molecule has 2 N–H and O–H groups in total. The smallest absolute Gasteiger partial charge is 0.319 e. The molecule has 0 spiro atoms. The fourth-order valence-electron chi connectivity index (χ4n) is 2.24. The monoisotopic (exact) mass is 336 g/mol. The van der Waals surface area contributed by atoms with Crippen LogP contribution in [0.1, 0.15) is 29.7 Å². The van der Waals surface area contributed by atoms with E-state index in [1.165, 1.54) is 0 Å². The fraction of sp³-hybridized carbons (Fsp3) is 0.235. The van der Waals surface area contributed by atoms with Gasteiger partial charge in [-0.05, 0) is 50.1 Å². The van der Waals surface area contributed by atoms with Gasteiger partial charge in [-0.1, -0.05) is 47.0 Å². The van der Waals surface area contributed by atoms with Gasteiger partial charge >= 0.3 is 6.03 Å². The number of aryl methyl sites for hydroxylation is 2. The van der Waals surface area contributed by atoms with E-state index in [-0.39, 0.29) is 12.1 Å². The van der Waals surface area contributed by atoms with Crippen molar-refractivity contribution in [2.75, 3.05) is 5.32 Å². The summed E-state index contributed by atoms with van der Waals surface area (Å²) in [6.07, 6.45) is 0. The van der Waals surface area contributed by atoms with Gasteiger partial charge in [-0.25, -0.2) is 4.79 Å². The predicted octanol–water partition coefficient (Wildman–Crippen LogP) is 5.49. The maximum Gasteiger partial charge on any atom is 0.319 e. The molecular weight excluding hydrogens is 319 g/mol. The van der Waals surface area contributed by atoms with Gasteiger partial charge in [0.1, 0.15) is 0 Å². The van der Waals surface area contributed by atoms with E-state index in [1.807, 2.05) is 45.0 Å². The lowest BCUT2D eigenvalue weighted by atomic mass is 10.1. The zero-order chi connectivity index (χ0) is 16.3. The second kappa shape index (κ2) is 7.03. The number of hydrogen-bond acceptors (Lipinski definition) is 1. The van der Waals surface area contributed by atoms with Gasteiger partial charge in [0.05, 0.1) is 6.04 Å². The standard InChI is InChI=1S/C17H18Cl2N2O/c1-10-4-7-16(11(2)8-10)21-17(22)20-12(3)14-6-5-13(18)9-15(14)19/h4-9,12H,1-3H3,(H2,20,21,22)/t12-/m1/s1. The van der Waals surface area contributed by atoms with Crippen LogP contribution < -0.4 is 10.6 Å². The van der Waals surface area contributed by atoms with Crippen LogP contribution >= 0.6 is 23.2 Å². The van der Waals surface area contributed by atoms with Gasteiger partial charge in [-0.2, -0.15) is 0 Å². The molecular formula is C17H18Cl2N2O. The van der Waals surface area contributed by atoms with Crippen molar-refractivity contribution in [3.8, 4) is 0 Å². The molecule has 0 bridgehead atoms. The number of amides is 2. The van der Waals surface area contributed by atoms with Crippen molar-refractivity contribution in [1.29, 1.82) is 0 Å². The van der Waals surface area contributed by atoms with Crippen LogP contribution in [0.25, 0.3) is 0 Å². The zero-order valence-corrected chi connectivity index (χ0v) is 14.2. The van der Waals surface area contributed by atoms with E-state index >= 15 is 0 Å². The summed E-state index contributed by atoms with van der Waals surface area (Å²) in [5, 5.41) is 6.82. The summed E-state index contributed by atoms with van der Waals surface area (Å²) in [6, 6.07) is 10.6. The largest absolute Gasteiger partial charge is 0.331 e. The summed E-state index contributed by atoms with van der Waals surface area (Å²) in [6.45, 7) is 5.85. The highest BCUT2D eigenvalue weighted by molar-refractivity contribution is 6.35. The first kappa shape index (κ1) is 16.7. The Morgan fingerprint density at radius 1 is 1.09 bits per heavy atom. The van der Waals surface area contributed by atoms with E-state index in [0.717, 1.165) is 22.4 Å². The van der Waals surface area contributed by atoms with Crippen molar-refractivity contribution >= 4 is 34.9 Å². The molecule has 2 aromatic rings. The minimum Gasteiger partial charge on any atom is -0.331 e. The van der Waals surface area contributed by atoms with Gasteiger partial charge in [0.15, 0.2) is 0 Å². The van der Waals surface area contributed by atoms with Crippen molar-refractivity contribution in [3.05, 3.63) is 63.1 Å². The third-order valence-corrected chi connectivity index (χ3v) is 3.97. The Morgan fingerprint density at radius 3 is 2.45 bits per heavy atom. The van der Waals surface area contributed by atoms with Crippen LogP contribution in [0, 0.1) is 13.8 Å². The summed E-state index contributed by atoms with van der Waals surface area (Å²) in [5.41, 5.74) is 3.79. The Balaban J connectivity index is 2.05. The Labute approximate surface area is 140 Å². The molecule has 2 amide bonds. The van der Waals surface area contributed by atoms with Crippen LogP contribution in [-0.4, -0.2) is 6.03 Å². The molecule has 2 rings (SSSR count). The summed E-state index contributed by atoms with van der Waals surface area (Å²) in [4.78, 5) is 12.1. The van der Waals surface area contributed by atoms with Gasteiger partial charge in [0.2, 0.25) is 0 Å². The number of carbonyl (C=O) groups excluding carboxylic acids is 1. The lowest BCUT2D eigenvalue weighted by Gasteiger charge is -2.17. The maximum atomic E-state index is 12.1. The average Bonchev–Trinajstić information content (AvgIpc) is 2.41. The van der Waals surface area contributed by atoms with Crippen LogP contribution in [-0.2, 0) is 0 Å². The molecule has 0 unspecified atom stereocenters. The maximum absolute atomic E-state index is 12.1. The fourth-order valence-corrected chi connectivity index (χ4v) is 2.81. The van der Waals surface area contributed by atoms with Crippen molar-refractivity contribution < 1.29 is 4.79 Å². The highest BCUT2D eigenvalue weighted by Gasteiger charge is 2.13. The summed E-state index contributed by atoms with van der Waals surface area (Å²) in [7, 11) is 0. The molecule has 1 atom stereocenters. The SMILES string of the molecule is Cc1ccc(NC(=O)N[C@H](C)c2ccc(Cl)cc2Cl)c(C)c1. The highest BCUT2D eigenvalue weighted by Crippen LogP contribution is 2.26. The second-order valence-electron chi connectivity index (χ2n) is 5.30. The number of benzene rings is 2. The Kier molecular flexibility index (Phi) is 5.33. The van der Waals surface area contributed by atoms with Crippen LogP contribution in [0.4, 0.5) is 10.5 Å². The van der Waals surface area contributed by atoms with Gasteiger partial charge in [0.25, 0.3) is 0 Å². The van der Waals surface area contributed by atoms with Crippen LogP contribution in [0.3, 0.4) is 0 Å². The molecule has 0 saturated heterocycles. The third-order valence-electron chi connectivity index (χ3n) is 3.41. The molecule has 0 aliphatic rings. The van der Waals surface area contributed by atoms with Gasteiger partial charge in [-0.15, -0.1) is 0 Å². The van der Waals surface area contributed by atoms with Gasteiger partial charge < -0.3 is 10.6 Å². The molecule has 0 fully saturated rings. The minimum absolute atomic E-state index is 0.226. The minimum atomic E-state index is -0.273. The molecule has 0 aliphatic heterocycles. The van der Waals surface area contributed by atoms with E-state index in [2.05, 4.69) is 10.6 Å². The summed E-state index contributed by atoms with van der Waals surface area (Å²) >= 11 is 12.0. The molecule has 22 heavy (non-hydrogen) atoms. The Bertz CT molecular complexity index is 701. The highest BCUT2D eigenvalue weighted by atomic mass is 35.5. The predicted molar refractivity (Wildman–Crippen MR) is 92.9 cm³/mol. The average molecular weight is 337 g/mol. The molecule has 0 saturated carbocycles. The number of hydrogen-bond donors (Lipinski definition) is 2. The molecule has 5 heteroatoms. The Morgan fingerprint density at radius 2 is 1.82 bits per heavy atom. The summed E-state index contributed by atoms with van der Waals surface area (Å²) in [5.74, 6) is 0. The first-order chi connectivity index (χ1) is 10.4. The van der Waals surface area contributed by atoms with Crippen LogP contribution in [0.5, 0.6) is 0 Å². The normalized spacial score (nSPS) is 11.9. The van der Waals surface area contributed by atoms with E-state index < -0.39 is 0 Å². The topological polar surface area (TPSA) is 41.1 Å². The molecule has 0 heterocycles. The van der Waals surface area contributed by atoms with E-state index in [9.17, 15) is 4.79 Å². The molecule has 2 aromatic carbocycles. The second-order valence-corrected chi connectivity index (χ2v) is 6.15. The van der Waals surface area contributed by atoms with Crippen molar-refractivity contribution in [1.82, 2.24) is 5.32 Å². The van der Waals surface area contributed by atoms with Crippen molar-refractivity contribution in [2.24, 2.45) is 0 Å². The first-order valence-corrected chi connectivity index (χ1v) is 7.72. The summed E-state index contributed by atoms with van der Waals surface area (Å²) < 4.78 is 0. The van der Waals surface area contributed by atoms with E-state index in [0.29, 0.717) is 10.0 Å². The zero-order valence-electron chi connectivity index (χ0n) is 12.7. The Hall–Kier alpha value is -1.71. The molecule has 3 nitrogen and oxygen atoms in total. The number of nitrogens with one attached hydrogen (secondary N) is 2. The van der Waals surface area contributed by atoms with E-state index in [1.54, 1.807) is 12.1 Å². The number of halogens is 2. The molecule has 116 valence electrons. The third kappa shape index (κ3) is 4.15. The van der Waals surface area contributed by atoms with Gasteiger partial charge in [-0.3, -0.25) is 0 Å². The van der Waals surface area contributed by atoms with Crippen molar-refractivity contribution in [2.45, 2.75) is 26.8 Å². The van der Waals surface area contributed by atoms with Crippen molar-refractivity contribution in [3.63, 3.8) is 0 Å². The molecule has 0 aliphatic carbocycles.